The fourth-order valence-electron chi connectivity index (χ4n) is 5.70. The van der Waals surface area contributed by atoms with Gasteiger partial charge in [0.15, 0.2) is 0 Å². The number of fused-ring (bicyclic) bond motifs is 1. The van der Waals surface area contributed by atoms with Gasteiger partial charge >= 0.3 is 0 Å². The van der Waals surface area contributed by atoms with Crippen LogP contribution >= 0.6 is 11.8 Å². The van der Waals surface area contributed by atoms with Crippen LogP contribution in [0.25, 0.3) is 0 Å². The number of carbonyl (C=O) groups is 2. The molecule has 2 aliphatic rings. The van der Waals surface area contributed by atoms with E-state index in [1.165, 1.54) is 37.0 Å². The number of nitrogens with one attached hydrogen (secondary N) is 2. The number of phenolic OH excluding ortho intramolecular Hbond substituents is 1. The second-order valence-corrected chi connectivity index (χ2v) is 13.4. The second-order valence-electron chi connectivity index (χ2n) is 12.3. The first kappa shape index (κ1) is 36.6. The molecule has 2 amide bonds. The van der Waals surface area contributed by atoms with Crippen LogP contribution in [0.15, 0.2) is 53.4 Å². The van der Waals surface area contributed by atoms with Gasteiger partial charge in [0.05, 0.1) is 12.1 Å². The lowest BCUT2D eigenvalue weighted by atomic mass is 9.75. The van der Waals surface area contributed by atoms with Gasteiger partial charge in [-0.15, -0.1) is 11.8 Å². The molecule has 1 aliphatic heterocycles. The molecule has 1 heterocycles. The third-order valence-corrected chi connectivity index (χ3v) is 9.23. The second kappa shape index (κ2) is 19.0. The van der Waals surface area contributed by atoms with Gasteiger partial charge in [0.25, 0.3) is 5.91 Å². The van der Waals surface area contributed by atoms with Gasteiger partial charge in [-0.3, -0.25) is 9.59 Å². The Morgan fingerprint density at radius 3 is 2.35 bits per heavy atom. The van der Waals surface area contributed by atoms with E-state index in [0.29, 0.717) is 23.3 Å². The molecule has 1 saturated heterocycles. The third kappa shape index (κ3) is 12.5. The first-order valence-electron chi connectivity index (χ1n) is 15.8. The maximum absolute atomic E-state index is 13.2. The first-order chi connectivity index (χ1) is 20.6. The lowest BCUT2D eigenvalue weighted by Crippen LogP contribution is -2.53. The van der Waals surface area contributed by atoms with E-state index in [2.05, 4.69) is 27.7 Å². The number of carbonyl (C=O) groups excluding carboxylic acids is 2. The number of benzene rings is 2. The number of piperidine rings is 1. The molecule has 4 unspecified atom stereocenters. The molecule has 4 atom stereocenters. The average molecular weight is 614 g/mol. The Balaban J connectivity index is 0.000000631. The molecule has 0 spiro atoms. The van der Waals surface area contributed by atoms with Crippen molar-refractivity contribution in [2.45, 2.75) is 96.2 Å². The number of ether oxygens (including phenoxy) is 1. The highest BCUT2D eigenvalue weighted by Gasteiger charge is 2.34. The zero-order valence-electron chi connectivity index (χ0n) is 27.4. The van der Waals surface area contributed by atoms with Gasteiger partial charge in [-0.25, -0.2) is 0 Å². The number of aromatic hydroxyl groups is 1. The molecule has 240 valence electrons. The summed E-state index contributed by atoms with van der Waals surface area (Å²) < 4.78 is 6.01. The van der Waals surface area contributed by atoms with Crippen LogP contribution in [0.4, 0.5) is 0 Å². The molecule has 0 radical (unpaired) electrons. The SMILES string of the molecule is CC.CC(C)(C)NC=O.COC(CN1CCC2CCCCC2C1)C(CSc1ccccc1)NC(=O)c1cccc(O)c1C. The van der Waals surface area contributed by atoms with Crippen LogP contribution in [-0.4, -0.2) is 72.5 Å². The summed E-state index contributed by atoms with van der Waals surface area (Å²) in [7, 11) is 1.75. The van der Waals surface area contributed by atoms with Crippen molar-refractivity contribution < 1.29 is 19.4 Å². The van der Waals surface area contributed by atoms with Gasteiger partial charge in [0.1, 0.15) is 5.75 Å². The van der Waals surface area contributed by atoms with E-state index >= 15 is 0 Å². The van der Waals surface area contributed by atoms with Crippen molar-refractivity contribution in [2.75, 3.05) is 32.5 Å². The topological polar surface area (TPSA) is 90.9 Å². The maximum Gasteiger partial charge on any atom is 0.252 e. The minimum absolute atomic E-state index is 0.0677. The summed E-state index contributed by atoms with van der Waals surface area (Å²) in [4.78, 5) is 26.7. The third-order valence-electron chi connectivity index (χ3n) is 8.10. The molecule has 1 aliphatic carbocycles. The Kier molecular flexibility index (Phi) is 16.2. The van der Waals surface area contributed by atoms with E-state index in [1.54, 1.807) is 44.0 Å². The molecular weight excluding hydrogens is 558 g/mol. The molecule has 7 nitrogen and oxygen atoms in total. The number of amides is 2. The lowest BCUT2D eigenvalue weighted by Gasteiger charge is -2.43. The number of hydrogen-bond acceptors (Lipinski definition) is 6. The monoisotopic (exact) mass is 613 g/mol. The highest BCUT2D eigenvalue weighted by Crippen LogP contribution is 2.36. The van der Waals surface area contributed by atoms with E-state index in [1.807, 2.05) is 52.8 Å². The molecular formula is C35H55N3O4S. The van der Waals surface area contributed by atoms with Crippen LogP contribution in [0.3, 0.4) is 0 Å². The van der Waals surface area contributed by atoms with Gasteiger partial charge in [0, 0.05) is 47.5 Å². The van der Waals surface area contributed by atoms with Crippen LogP contribution in [0, 0.1) is 18.8 Å². The summed E-state index contributed by atoms with van der Waals surface area (Å²) in [6, 6.07) is 15.2. The van der Waals surface area contributed by atoms with Gasteiger partial charge in [-0.2, -0.15) is 0 Å². The molecule has 43 heavy (non-hydrogen) atoms. The first-order valence-corrected chi connectivity index (χ1v) is 16.8. The molecule has 3 N–H and O–H groups in total. The largest absolute Gasteiger partial charge is 0.508 e. The molecule has 1 saturated carbocycles. The molecule has 2 aromatic carbocycles. The molecule has 4 rings (SSSR count). The Morgan fingerprint density at radius 1 is 1.07 bits per heavy atom. The van der Waals surface area contributed by atoms with E-state index in [9.17, 15) is 14.7 Å². The number of phenols is 1. The quantitative estimate of drug-likeness (QED) is 0.205. The highest BCUT2D eigenvalue weighted by atomic mass is 32.2. The van der Waals surface area contributed by atoms with Crippen LogP contribution in [-0.2, 0) is 9.53 Å². The van der Waals surface area contributed by atoms with Crippen molar-refractivity contribution in [3.05, 3.63) is 59.7 Å². The van der Waals surface area contributed by atoms with Crippen molar-refractivity contribution in [2.24, 2.45) is 11.8 Å². The minimum atomic E-state index is -0.167. The number of nitrogens with zero attached hydrogens (tertiary/aromatic N) is 1. The van der Waals surface area contributed by atoms with Crippen molar-refractivity contribution in [3.8, 4) is 5.75 Å². The zero-order valence-corrected chi connectivity index (χ0v) is 28.2. The normalized spacial score (nSPS) is 19.7. The van der Waals surface area contributed by atoms with Crippen LogP contribution in [0.5, 0.6) is 5.75 Å². The smallest absolute Gasteiger partial charge is 0.252 e. The van der Waals surface area contributed by atoms with Crippen molar-refractivity contribution in [3.63, 3.8) is 0 Å². The average Bonchev–Trinajstić information content (AvgIpc) is 3.00. The standard InChI is InChI=1S/C28H38N2O3S.C5H11NO.C2H6/c1-20-24(13-8-14-26(20)31)28(32)29-25(19-34-23-11-4-3-5-12-23)27(33-2)18-30-16-15-21-9-6-7-10-22(21)17-30;1-5(2,3)6-4-7;1-2/h3-5,8,11-14,21-22,25,27,31H,6-7,9-10,15-19H2,1-2H3,(H,29,32);4H,1-3H3,(H,6,7);1-2H3. The maximum atomic E-state index is 13.2. The van der Waals surface area contributed by atoms with Crippen LogP contribution in [0.2, 0.25) is 0 Å². The molecule has 8 heteroatoms. The highest BCUT2D eigenvalue weighted by molar-refractivity contribution is 7.99. The van der Waals surface area contributed by atoms with E-state index < -0.39 is 0 Å². The summed E-state index contributed by atoms with van der Waals surface area (Å²) >= 11 is 1.73. The van der Waals surface area contributed by atoms with Crippen LogP contribution in [0.1, 0.15) is 82.6 Å². The number of likely N-dealkylation sites (tertiary alicyclic amines) is 1. The van der Waals surface area contributed by atoms with Crippen molar-refractivity contribution in [1.29, 1.82) is 0 Å². The molecule has 0 aromatic heterocycles. The Labute approximate surface area is 264 Å². The van der Waals surface area contributed by atoms with E-state index in [0.717, 1.165) is 31.5 Å². The van der Waals surface area contributed by atoms with Crippen molar-refractivity contribution >= 4 is 24.1 Å². The van der Waals surface area contributed by atoms with Gasteiger partial charge in [-0.05, 0) is 83.2 Å². The summed E-state index contributed by atoms with van der Waals surface area (Å²) in [6.07, 6.45) is 7.36. The summed E-state index contributed by atoms with van der Waals surface area (Å²) in [6.45, 7) is 14.6. The van der Waals surface area contributed by atoms with Gasteiger partial charge < -0.3 is 25.4 Å². The number of hydrogen-bond donors (Lipinski definition) is 3. The Bertz CT molecular complexity index is 1090. The molecule has 2 fully saturated rings. The van der Waals surface area contributed by atoms with Crippen molar-refractivity contribution in [1.82, 2.24) is 15.5 Å². The van der Waals surface area contributed by atoms with Gasteiger partial charge in [-0.1, -0.05) is 57.4 Å². The number of rotatable bonds is 10. The zero-order chi connectivity index (χ0) is 31.8. The van der Waals surface area contributed by atoms with E-state index in [-0.39, 0.29) is 29.3 Å². The fraction of sp³-hybridized carbons (Fsp3) is 0.600. The number of thioether (sulfide) groups is 1. The summed E-state index contributed by atoms with van der Waals surface area (Å²) in [5.41, 5.74) is 1.04. The Hall–Kier alpha value is -2.55. The summed E-state index contributed by atoms with van der Waals surface area (Å²) in [5.74, 6) is 2.39. The Morgan fingerprint density at radius 2 is 1.74 bits per heavy atom. The van der Waals surface area contributed by atoms with E-state index in [4.69, 9.17) is 4.74 Å². The molecule has 0 bridgehead atoms. The number of methoxy groups -OCH3 is 1. The summed E-state index contributed by atoms with van der Waals surface area (Å²) in [5, 5.41) is 15.9. The predicted octanol–water partition coefficient (Wildman–Crippen LogP) is 6.68. The van der Waals surface area contributed by atoms with Crippen LogP contribution < -0.4 is 10.6 Å². The minimum Gasteiger partial charge on any atom is -0.508 e. The van der Waals surface area contributed by atoms with Gasteiger partial charge in [0.2, 0.25) is 6.41 Å². The predicted molar refractivity (Wildman–Crippen MR) is 179 cm³/mol. The fourth-order valence-corrected chi connectivity index (χ4v) is 6.72. The molecule has 2 aromatic rings. The lowest BCUT2D eigenvalue weighted by molar-refractivity contribution is -0.110.